The maximum Gasteiger partial charge on any atom is 0.339 e. The third-order valence-corrected chi connectivity index (χ3v) is 5.70. The summed E-state index contributed by atoms with van der Waals surface area (Å²) in [6, 6.07) is 3.38. The van der Waals surface area contributed by atoms with Gasteiger partial charge in [0.25, 0.3) is 5.91 Å². The number of imidazole rings is 1. The largest absolute Gasteiger partial charge is 0.479 e. The molecular weight excluding hydrogens is 406 g/mol. The van der Waals surface area contributed by atoms with Gasteiger partial charge in [-0.15, -0.1) is 0 Å². The molecule has 2 heterocycles. The Balaban J connectivity index is 1.43. The average Bonchev–Trinajstić information content (AvgIpc) is 3.26. The summed E-state index contributed by atoms with van der Waals surface area (Å²) in [4.78, 5) is 28.7. The van der Waals surface area contributed by atoms with Crippen molar-refractivity contribution in [3.63, 3.8) is 0 Å². The van der Waals surface area contributed by atoms with Crippen LogP contribution in [0.25, 0.3) is 11.0 Å². The molecule has 0 spiro atoms. The quantitative estimate of drug-likeness (QED) is 0.459. The van der Waals surface area contributed by atoms with Crippen LogP contribution in [-0.2, 0) is 24.2 Å². The van der Waals surface area contributed by atoms with E-state index in [0.717, 1.165) is 55.2 Å². The summed E-state index contributed by atoms with van der Waals surface area (Å²) >= 11 is 6.43. The Labute approximate surface area is 179 Å². The van der Waals surface area contributed by atoms with Crippen molar-refractivity contribution in [1.29, 1.82) is 0 Å². The Morgan fingerprint density at radius 1 is 1.33 bits per heavy atom. The van der Waals surface area contributed by atoms with Crippen molar-refractivity contribution in [3.05, 3.63) is 57.4 Å². The molecule has 0 radical (unpaired) electrons. The third kappa shape index (κ3) is 4.36. The summed E-state index contributed by atoms with van der Waals surface area (Å²) < 4.78 is 13.2. The van der Waals surface area contributed by atoms with Crippen LogP contribution >= 0.6 is 11.6 Å². The number of hydrogen-bond acceptors (Lipinski definition) is 5. The second kappa shape index (κ2) is 8.92. The molecule has 1 aromatic carbocycles. The van der Waals surface area contributed by atoms with E-state index in [1.807, 2.05) is 10.8 Å². The molecule has 7 nitrogen and oxygen atoms in total. The van der Waals surface area contributed by atoms with Gasteiger partial charge in [-0.25, -0.2) is 9.78 Å². The number of aromatic nitrogens is 2. The molecule has 0 saturated heterocycles. The van der Waals surface area contributed by atoms with Crippen molar-refractivity contribution in [2.24, 2.45) is 0 Å². The van der Waals surface area contributed by atoms with E-state index in [1.165, 1.54) is 0 Å². The molecule has 2 aromatic heterocycles. The van der Waals surface area contributed by atoms with Gasteiger partial charge in [-0.2, -0.15) is 0 Å². The molecule has 0 aliphatic heterocycles. The molecule has 1 aliphatic carbocycles. The van der Waals surface area contributed by atoms with Crippen LogP contribution in [0, 0.1) is 0 Å². The minimum Gasteiger partial charge on any atom is -0.479 e. The molecule has 1 atom stereocenters. The number of amides is 1. The zero-order chi connectivity index (χ0) is 21.1. The standard InChI is InChI=1S/C22H24ClN3O4/c1-14(21(27)25-7-4-9-26-10-8-24-13-26)29-20-12-19-17(11-18(20)23)15-5-2-3-6-16(15)22(28)30-19/h8,10-14H,2-7,9H2,1H3,(H,25,27). The van der Waals surface area contributed by atoms with E-state index in [0.29, 0.717) is 22.9 Å². The highest BCUT2D eigenvalue weighted by Crippen LogP contribution is 2.34. The molecule has 158 valence electrons. The van der Waals surface area contributed by atoms with Gasteiger partial charge >= 0.3 is 5.63 Å². The van der Waals surface area contributed by atoms with Crippen molar-refractivity contribution < 1.29 is 13.9 Å². The number of benzene rings is 1. The van der Waals surface area contributed by atoms with E-state index in [2.05, 4.69) is 10.3 Å². The molecule has 8 heteroatoms. The highest BCUT2D eigenvalue weighted by atomic mass is 35.5. The van der Waals surface area contributed by atoms with Crippen molar-refractivity contribution in [2.45, 2.75) is 51.7 Å². The van der Waals surface area contributed by atoms with E-state index in [4.69, 9.17) is 20.8 Å². The second-order valence-electron chi connectivity index (χ2n) is 7.54. The van der Waals surface area contributed by atoms with Crippen LogP contribution in [0.4, 0.5) is 0 Å². The lowest BCUT2D eigenvalue weighted by Crippen LogP contribution is -2.37. The number of ether oxygens (including phenoxy) is 1. The highest BCUT2D eigenvalue weighted by Gasteiger charge is 2.21. The Bertz CT molecular complexity index is 1110. The fraction of sp³-hybridized carbons (Fsp3) is 0.409. The lowest BCUT2D eigenvalue weighted by molar-refractivity contribution is -0.127. The van der Waals surface area contributed by atoms with Crippen LogP contribution in [0.5, 0.6) is 5.75 Å². The van der Waals surface area contributed by atoms with Gasteiger partial charge in [0.1, 0.15) is 11.3 Å². The molecule has 1 unspecified atom stereocenters. The number of carbonyl (C=O) groups is 1. The first-order chi connectivity index (χ1) is 14.5. The summed E-state index contributed by atoms with van der Waals surface area (Å²) in [6.07, 6.45) is 8.99. The summed E-state index contributed by atoms with van der Waals surface area (Å²) in [7, 11) is 0. The summed E-state index contributed by atoms with van der Waals surface area (Å²) in [5.74, 6) is 0.0906. The van der Waals surface area contributed by atoms with Crippen molar-refractivity contribution >= 4 is 28.5 Å². The molecule has 0 bridgehead atoms. The minimum absolute atomic E-state index is 0.233. The summed E-state index contributed by atoms with van der Waals surface area (Å²) in [6.45, 7) is 2.96. The van der Waals surface area contributed by atoms with E-state index in [-0.39, 0.29) is 11.5 Å². The van der Waals surface area contributed by atoms with Crippen LogP contribution in [0.2, 0.25) is 5.02 Å². The molecule has 1 aliphatic rings. The van der Waals surface area contributed by atoms with Gasteiger partial charge in [-0.1, -0.05) is 11.6 Å². The van der Waals surface area contributed by atoms with Gasteiger partial charge in [0.2, 0.25) is 0 Å². The Morgan fingerprint density at radius 2 is 2.13 bits per heavy atom. The number of carbonyl (C=O) groups excluding carboxylic acids is 1. The molecule has 3 aromatic rings. The van der Waals surface area contributed by atoms with Crippen LogP contribution < -0.4 is 15.7 Å². The monoisotopic (exact) mass is 429 g/mol. The van der Waals surface area contributed by atoms with Crippen LogP contribution in [-0.4, -0.2) is 28.1 Å². The Hall–Kier alpha value is -2.80. The van der Waals surface area contributed by atoms with Gasteiger partial charge in [-0.3, -0.25) is 4.79 Å². The molecule has 1 N–H and O–H groups in total. The lowest BCUT2D eigenvalue weighted by Gasteiger charge is -2.18. The lowest BCUT2D eigenvalue weighted by atomic mass is 9.90. The predicted molar refractivity (Wildman–Crippen MR) is 114 cm³/mol. The normalized spacial score (nSPS) is 14.3. The number of aryl methyl sites for hydroxylation is 2. The Kier molecular flexibility index (Phi) is 6.08. The van der Waals surface area contributed by atoms with Gasteiger partial charge in [0.15, 0.2) is 6.10 Å². The summed E-state index contributed by atoms with van der Waals surface area (Å²) in [5.41, 5.74) is 1.91. The third-order valence-electron chi connectivity index (χ3n) is 5.40. The van der Waals surface area contributed by atoms with E-state index in [9.17, 15) is 9.59 Å². The number of hydrogen-bond donors (Lipinski definition) is 1. The second-order valence-corrected chi connectivity index (χ2v) is 7.94. The number of rotatable bonds is 7. The van der Waals surface area contributed by atoms with E-state index in [1.54, 1.807) is 31.6 Å². The van der Waals surface area contributed by atoms with Crippen LogP contribution in [0.1, 0.15) is 37.3 Å². The first-order valence-corrected chi connectivity index (χ1v) is 10.6. The number of nitrogens with zero attached hydrogens (tertiary/aromatic N) is 2. The number of nitrogens with one attached hydrogen (secondary N) is 1. The molecule has 4 rings (SSSR count). The fourth-order valence-electron chi connectivity index (χ4n) is 3.81. The molecular formula is C22H24ClN3O4. The van der Waals surface area contributed by atoms with E-state index >= 15 is 0 Å². The average molecular weight is 430 g/mol. The van der Waals surface area contributed by atoms with Gasteiger partial charge in [0.05, 0.1) is 11.3 Å². The fourth-order valence-corrected chi connectivity index (χ4v) is 4.02. The van der Waals surface area contributed by atoms with Gasteiger partial charge in [-0.05, 0) is 50.7 Å². The minimum atomic E-state index is -0.738. The Morgan fingerprint density at radius 3 is 2.90 bits per heavy atom. The molecule has 1 amide bonds. The van der Waals surface area contributed by atoms with Crippen molar-refractivity contribution in [2.75, 3.05) is 6.54 Å². The molecule has 30 heavy (non-hydrogen) atoms. The van der Waals surface area contributed by atoms with Gasteiger partial charge < -0.3 is 19.0 Å². The van der Waals surface area contributed by atoms with E-state index < -0.39 is 6.10 Å². The topological polar surface area (TPSA) is 86.4 Å². The zero-order valence-electron chi connectivity index (χ0n) is 16.8. The maximum absolute atomic E-state index is 12.4. The molecule has 0 saturated carbocycles. The maximum atomic E-state index is 12.4. The van der Waals surface area contributed by atoms with Crippen molar-refractivity contribution in [1.82, 2.24) is 14.9 Å². The predicted octanol–water partition coefficient (Wildman–Crippen LogP) is 3.50. The van der Waals surface area contributed by atoms with Crippen molar-refractivity contribution in [3.8, 4) is 5.75 Å². The zero-order valence-corrected chi connectivity index (χ0v) is 17.6. The van der Waals surface area contributed by atoms with Crippen LogP contribution in [0.3, 0.4) is 0 Å². The first-order valence-electron chi connectivity index (χ1n) is 10.2. The highest BCUT2D eigenvalue weighted by molar-refractivity contribution is 6.32. The molecule has 0 fully saturated rings. The number of halogens is 1. The summed E-state index contributed by atoms with van der Waals surface area (Å²) in [5, 5.41) is 4.10. The number of fused-ring (bicyclic) bond motifs is 3. The smallest absolute Gasteiger partial charge is 0.339 e. The van der Waals surface area contributed by atoms with Gasteiger partial charge in [0, 0.05) is 42.5 Å². The SMILES string of the molecule is CC(Oc1cc2oc(=O)c3c(c2cc1Cl)CCCC3)C(=O)NCCCn1ccnc1. The first kappa shape index (κ1) is 20.5. The van der Waals surface area contributed by atoms with Crippen LogP contribution in [0.15, 0.2) is 40.1 Å².